The number of nitrogens with zero attached hydrogens (tertiary/aromatic N) is 2. The van der Waals surface area contributed by atoms with Crippen LogP contribution >= 0.6 is 0 Å². The Morgan fingerprint density at radius 3 is 2.00 bits per heavy atom. The Morgan fingerprint density at radius 2 is 1.55 bits per heavy atom. The van der Waals surface area contributed by atoms with Crippen LogP contribution in [0.15, 0.2) is 40.5 Å². The normalized spacial score (nSPS) is 8.73. The highest BCUT2D eigenvalue weighted by atomic mass is 16.3. The van der Waals surface area contributed by atoms with Crippen LogP contribution < -0.4 is 5.46 Å². The van der Waals surface area contributed by atoms with Crippen LogP contribution in [0.2, 0.25) is 0 Å². The summed E-state index contributed by atoms with van der Waals surface area (Å²) < 4.78 is 0. The molecule has 1 aromatic rings. The minimum absolute atomic E-state index is 0.525. The topological polar surface area (TPSA) is 58.9 Å². The van der Waals surface area contributed by atoms with Crippen molar-refractivity contribution in [3.05, 3.63) is 40.1 Å². The quantitative estimate of drug-likeness (QED) is 0.472. The average Bonchev–Trinajstić information content (AvgIpc) is 2.09. The van der Waals surface area contributed by atoms with Crippen LogP contribution in [-0.2, 0) is 0 Å². The summed E-state index contributed by atoms with van der Waals surface area (Å²) >= 11 is 0. The van der Waals surface area contributed by atoms with Gasteiger partial charge in [0, 0.05) is 0 Å². The molecule has 0 aliphatic heterocycles. The van der Waals surface area contributed by atoms with E-state index in [0.717, 1.165) is 0 Å². The predicted molar refractivity (Wildman–Crippen MR) is 43.4 cm³/mol. The van der Waals surface area contributed by atoms with Crippen LogP contribution in [0.25, 0.3) is 0 Å². The second-order valence-corrected chi connectivity index (χ2v) is 2.00. The summed E-state index contributed by atoms with van der Waals surface area (Å²) in [5, 5.41) is 5.10. The van der Waals surface area contributed by atoms with Crippen LogP contribution in [0.3, 0.4) is 0 Å². The highest BCUT2D eigenvalue weighted by Crippen LogP contribution is 1.89. The van der Waals surface area contributed by atoms with Crippen molar-refractivity contribution >= 4 is 12.4 Å². The zero-order valence-corrected chi connectivity index (χ0v) is 5.68. The standard InChI is InChI=1S/C6H5BN2O2/c10-8-7(9-11)6-4-2-1-3-5-6/h1-5H. The third-order valence-corrected chi connectivity index (χ3v) is 1.30. The monoisotopic (exact) mass is 148 g/mol. The lowest BCUT2D eigenvalue weighted by atomic mass is 9.71. The van der Waals surface area contributed by atoms with Crippen LogP contribution in [0, 0.1) is 9.81 Å². The second-order valence-electron chi connectivity index (χ2n) is 2.00. The SMILES string of the molecule is O=NB(N=O)c1ccccc1. The molecule has 0 amide bonds. The van der Waals surface area contributed by atoms with Gasteiger partial charge in [-0.15, -0.1) is 0 Å². The third kappa shape index (κ3) is 1.70. The van der Waals surface area contributed by atoms with Gasteiger partial charge < -0.3 is 0 Å². The van der Waals surface area contributed by atoms with Gasteiger partial charge in [0.25, 0.3) is 0 Å². The molecule has 0 radical (unpaired) electrons. The van der Waals surface area contributed by atoms with Crippen LogP contribution in [0.5, 0.6) is 0 Å². The van der Waals surface area contributed by atoms with Gasteiger partial charge in [0.05, 0.1) is 0 Å². The first kappa shape index (κ1) is 7.59. The molecule has 0 bridgehead atoms. The molecule has 5 heteroatoms. The van der Waals surface area contributed by atoms with E-state index in [1.54, 1.807) is 30.3 Å². The average molecular weight is 148 g/mol. The van der Waals surface area contributed by atoms with Gasteiger partial charge in [-0.05, 0) is 5.46 Å². The summed E-state index contributed by atoms with van der Waals surface area (Å²) in [6.45, 7) is -1.10. The molecular formula is C6H5BN2O2. The van der Waals surface area contributed by atoms with Crippen LogP contribution in [-0.4, -0.2) is 6.98 Å². The van der Waals surface area contributed by atoms with Gasteiger partial charge in [-0.3, -0.25) is 0 Å². The molecule has 0 atom stereocenters. The molecule has 54 valence electrons. The maximum atomic E-state index is 9.99. The Balaban J connectivity index is 2.90. The van der Waals surface area contributed by atoms with E-state index in [-0.39, 0.29) is 0 Å². The maximum Gasteiger partial charge on any atom is 0.548 e. The first-order chi connectivity index (χ1) is 5.38. The molecule has 0 saturated heterocycles. The molecule has 0 aromatic heterocycles. The molecule has 0 spiro atoms. The summed E-state index contributed by atoms with van der Waals surface area (Å²) in [6, 6.07) is 8.49. The molecule has 0 heterocycles. The fourth-order valence-electron chi connectivity index (χ4n) is 0.766. The molecule has 4 nitrogen and oxygen atoms in total. The highest BCUT2D eigenvalue weighted by Gasteiger charge is 2.19. The number of rotatable bonds is 3. The highest BCUT2D eigenvalue weighted by molar-refractivity contribution is 6.69. The Bertz CT molecular complexity index is 244. The minimum atomic E-state index is -1.10. The van der Waals surface area contributed by atoms with E-state index in [1.807, 2.05) is 0 Å². The van der Waals surface area contributed by atoms with Crippen molar-refractivity contribution < 1.29 is 0 Å². The van der Waals surface area contributed by atoms with E-state index in [4.69, 9.17) is 0 Å². The Kier molecular flexibility index (Phi) is 2.49. The maximum absolute atomic E-state index is 9.99. The summed E-state index contributed by atoms with van der Waals surface area (Å²) in [7, 11) is 0. The lowest BCUT2D eigenvalue weighted by Gasteiger charge is -1.92. The number of benzene rings is 1. The van der Waals surface area contributed by atoms with Crippen molar-refractivity contribution in [3.8, 4) is 0 Å². The van der Waals surface area contributed by atoms with Gasteiger partial charge in [0.15, 0.2) is 0 Å². The van der Waals surface area contributed by atoms with Crippen molar-refractivity contribution in [1.29, 1.82) is 0 Å². The Hall–Kier alpha value is -1.52. The van der Waals surface area contributed by atoms with E-state index in [2.05, 4.69) is 10.2 Å². The fourth-order valence-corrected chi connectivity index (χ4v) is 0.766. The van der Waals surface area contributed by atoms with E-state index in [9.17, 15) is 9.81 Å². The summed E-state index contributed by atoms with van der Waals surface area (Å²) in [6.07, 6.45) is 0. The van der Waals surface area contributed by atoms with Crippen molar-refractivity contribution in [2.45, 2.75) is 0 Å². The van der Waals surface area contributed by atoms with Gasteiger partial charge in [0.2, 0.25) is 0 Å². The van der Waals surface area contributed by atoms with Gasteiger partial charge in [-0.2, -0.15) is 9.81 Å². The molecule has 0 aliphatic carbocycles. The van der Waals surface area contributed by atoms with E-state index in [0.29, 0.717) is 5.46 Å². The lowest BCUT2D eigenvalue weighted by Crippen LogP contribution is -2.24. The summed E-state index contributed by atoms with van der Waals surface area (Å²) in [5.74, 6) is 0. The van der Waals surface area contributed by atoms with Crippen molar-refractivity contribution in [1.82, 2.24) is 0 Å². The largest absolute Gasteiger partial charge is 0.548 e. The number of nitroso groups, excluding NO2 is 2. The van der Waals surface area contributed by atoms with Gasteiger partial charge >= 0.3 is 6.98 Å². The minimum Gasteiger partial charge on any atom is -0.164 e. The third-order valence-electron chi connectivity index (χ3n) is 1.30. The summed E-state index contributed by atoms with van der Waals surface area (Å²) in [4.78, 5) is 20.0. The fraction of sp³-hybridized carbons (Fsp3) is 0. The van der Waals surface area contributed by atoms with Crippen LogP contribution in [0.4, 0.5) is 0 Å². The summed E-state index contributed by atoms with van der Waals surface area (Å²) in [5.41, 5.74) is 0.525. The number of hydrogen-bond acceptors (Lipinski definition) is 4. The zero-order valence-electron chi connectivity index (χ0n) is 5.68. The first-order valence-electron chi connectivity index (χ1n) is 3.08. The Morgan fingerprint density at radius 1 is 1.00 bits per heavy atom. The molecular weight excluding hydrogens is 143 g/mol. The Labute approximate surface area is 63.7 Å². The van der Waals surface area contributed by atoms with Gasteiger partial charge in [-0.25, -0.2) is 0 Å². The lowest BCUT2D eigenvalue weighted by molar-refractivity contribution is 1.57. The van der Waals surface area contributed by atoms with Crippen molar-refractivity contribution in [2.75, 3.05) is 0 Å². The van der Waals surface area contributed by atoms with Gasteiger partial charge in [-0.1, -0.05) is 40.5 Å². The van der Waals surface area contributed by atoms with E-state index < -0.39 is 6.98 Å². The molecule has 11 heavy (non-hydrogen) atoms. The zero-order chi connectivity index (χ0) is 8.10. The molecule has 1 rings (SSSR count). The van der Waals surface area contributed by atoms with Gasteiger partial charge in [0.1, 0.15) is 0 Å². The van der Waals surface area contributed by atoms with Crippen molar-refractivity contribution in [3.63, 3.8) is 0 Å². The molecule has 0 unspecified atom stereocenters. The molecule has 0 fully saturated rings. The van der Waals surface area contributed by atoms with Crippen molar-refractivity contribution in [2.24, 2.45) is 10.2 Å². The van der Waals surface area contributed by atoms with Crippen LogP contribution in [0.1, 0.15) is 0 Å². The smallest absolute Gasteiger partial charge is 0.164 e. The molecule has 0 aliphatic rings. The van der Waals surface area contributed by atoms with E-state index >= 15 is 0 Å². The van der Waals surface area contributed by atoms with E-state index in [1.165, 1.54) is 0 Å². The molecule has 0 saturated carbocycles. The molecule has 1 aromatic carbocycles. The first-order valence-corrected chi connectivity index (χ1v) is 3.08. The predicted octanol–water partition coefficient (Wildman–Crippen LogP) is 0.915. The number of hydrogen-bond donors (Lipinski definition) is 0. The second kappa shape index (κ2) is 3.60. The molecule has 0 N–H and O–H groups in total.